The maximum Gasteiger partial charge on any atom is 0.376 e. The number of hydrogen-bond acceptors (Lipinski definition) is 5. The third-order valence-electron chi connectivity index (χ3n) is 2.55. The zero-order chi connectivity index (χ0) is 14.0. The van der Waals surface area contributed by atoms with Crippen LogP contribution in [-0.4, -0.2) is 24.0 Å². The number of carbonyl (C=O) groups excluding carboxylic acids is 2. The van der Waals surface area contributed by atoms with Crippen LogP contribution in [-0.2, 0) is 4.74 Å². The summed E-state index contributed by atoms with van der Waals surface area (Å²) in [5.41, 5.74) is 6.55. The molecule has 19 heavy (non-hydrogen) atoms. The first-order valence-electron chi connectivity index (χ1n) is 5.49. The normalized spacial score (nSPS) is 10.2. The minimum Gasteiger partial charge on any atom is -0.463 e. The van der Waals surface area contributed by atoms with E-state index in [0.717, 1.165) is 0 Å². The number of rotatable bonds is 3. The molecule has 0 unspecified atom stereocenters. The molecule has 0 saturated heterocycles. The summed E-state index contributed by atoms with van der Waals surface area (Å²) < 4.78 is 9.85. The van der Waals surface area contributed by atoms with Crippen LogP contribution in [0.25, 0.3) is 11.3 Å². The van der Waals surface area contributed by atoms with Crippen molar-refractivity contribution < 1.29 is 18.7 Å². The van der Waals surface area contributed by atoms with Gasteiger partial charge in [0.05, 0.1) is 7.11 Å². The van der Waals surface area contributed by atoms with Crippen molar-refractivity contribution in [2.45, 2.75) is 6.92 Å². The van der Waals surface area contributed by atoms with E-state index in [1.807, 2.05) is 0 Å². The molecule has 6 nitrogen and oxygen atoms in total. The van der Waals surface area contributed by atoms with Gasteiger partial charge in [0.2, 0.25) is 11.7 Å². The van der Waals surface area contributed by atoms with Crippen molar-refractivity contribution in [3.05, 3.63) is 41.5 Å². The smallest absolute Gasteiger partial charge is 0.376 e. The van der Waals surface area contributed by atoms with E-state index in [4.69, 9.17) is 10.2 Å². The Labute approximate surface area is 109 Å². The summed E-state index contributed by atoms with van der Waals surface area (Å²) in [4.78, 5) is 26.7. The van der Waals surface area contributed by atoms with Crippen LogP contribution in [0.4, 0.5) is 0 Å². The highest BCUT2D eigenvalue weighted by Crippen LogP contribution is 2.24. The van der Waals surface area contributed by atoms with Crippen LogP contribution in [0, 0.1) is 6.92 Å². The number of amides is 1. The highest BCUT2D eigenvalue weighted by atomic mass is 16.5. The van der Waals surface area contributed by atoms with Gasteiger partial charge in [0, 0.05) is 18.1 Å². The second kappa shape index (κ2) is 4.93. The number of esters is 1. The number of carbonyl (C=O) groups is 2. The summed E-state index contributed by atoms with van der Waals surface area (Å²) in [7, 11) is 1.26. The maximum atomic E-state index is 11.6. The van der Waals surface area contributed by atoms with Crippen LogP contribution < -0.4 is 5.73 Å². The van der Waals surface area contributed by atoms with Crippen molar-refractivity contribution >= 4 is 11.9 Å². The lowest BCUT2D eigenvalue weighted by Gasteiger charge is -2.01. The molecular formula is C13H12N2O4. The Morgan fingerprint density at radius 2 is 1.89 bits per heavy atom. The second-order valence-electron chi connectivity index (χ2n) is 3.84. The molecule has 98 valence electrons. The summed E-state index contributed by atoms with van der Waals surface area (Å²) in [6.45, 7) is 1.63. The molecule has 0 aliphatic rings. The number of ether oxygens (including phenoxy) is 1. The first-order valence-corrected chi connectivity index (χ1v) is 5.49. The van der Waals surface area contributed by atoms with E-state index in [0.29, 0.717) is 22.7 Å². The molecule has 0 spiro atoms. The van der Waals surface area contributed by atoms with Gasteiger partial charge in [-0.25, -0.2) is 9.78 Å². The van der Waals surface area contributed by atoms with Gasteiger partial charge in [-0.05, 0) is 12.1 Å². The molecule has 6 heteroatoms. The summed E-state index contributed by atoms with van der Waals surface area (Å²) in [6.07, 6.45) is 0. The van der Waals surface area contributed by atoms with Gasteiger partial charge < -0.3 is 14.9 Å². The van der Waals surface area contributed by atoms with Gasteiger partial charge in [-0.15, -0.1) is 0 Å². The van der Waals surface area contributed by atoms with Crippen LogP contribution in [0.5, 0.6) is 0 Å². The molecular weight excluding hydrogens is 248 g/mol. The van der Waals surface area contributed by atoms with Crippen LogP contribution in [0.3, 0.4) is 0 Å². The summed E-state index contributed by atoms with van der Waals surface area (Å²) in [6, 6.07) is 6.40. The monoisotopic (exact) mass is 260 g/mol. The van der Waals surface area contributed by atoms with Crippen LogP contribution in [0.15, 0.2) is 28.7 Å². The lowest BCUT2D eigenvalue weighted by atomic mass is 10.1. The zero-order valence-electron chi connectivity index (χ0n) is 10.5. The lowest BCUT2D eigenvalue weighted by Crippen LogP contribution is -2.10. The molecule has 0 bridgehead atoms. The Morgan fingerprint density at radius 3 is 2.42 bits per heavy atom. The fourth-order valence-electron chi connectivity index (χ4n) is 1.65. The van der Waals surface area contributed by atoms with Crippen LogP contribution >= 0.6 is 0 Å². The number of hydrogen-bond donors (Lipinski definition) is 1. The fourth-order valence-corrected chi connectivity index (χ4v) is 1.65. The van der Waals surface area contributed by atoms with Crippen LogP contribution in [0.1, 0.15) is 26.8 Å². The second-order valence-corrected chi connectivity index (χ2v) is 3.84. The number of benzene rings is 1. The molecule has 0 saturated carbocycles. The first-order chi connectivity index (χ1) is 9.02. The lowest BCUT2D eigenvalue weighted by molar-refractivity contribution is 0.0564. The zero-order valence-corrected chi connectivity index (χ0v) is 10.5. The average Bonchev–Trinajstić information content (AvgIpc) is 2.80. The highest BCUT2D eigenvalue weighted by molar-refractivity contribution is 5.95. The predicted molar refractivity (Wildman–Crippen MR) is 66.5 cm³/mol. The summed E-state index contributed by atoms with van der Waals surface area (Å²) in [5.74, 6) is -0.730. The number of primary amides is 1. The van der Waals surface area contributed by atoms with E-state index in [-0.39, 0.29) is 5.76 Å². The van der Waals surface area contributed by atoms with Gasteiger partial charge in [-0.1, -0.05) is 12.1 Å². The maximum absolute atomic E-state index is 11.6. The van der Waals surface area contributed by atoms with E-state index >= 15 is 0 Å². The molecule has 0 aliphatic carbocycles. The van der Waals surface area contributed by atoms with Gasteiger partial charge in [-0.3, -0.25) is 4.79 Å². The summed E-state index contributed by atoms with van der Waals surface area (Å²) in [5, 5.41) is 0. The van der Waals surface area contributed by atoms with Crippen molar-refractivity contribution in [1.29, 1.82) is 0 Å². The first kappa shape index (κ1) is 12.8. The van der Waals surface area contributed by atoms with Gasteiger partial charge >= 0.3 is 5.97 Å². The van der Waals surface area contributed by atoms with Gasteiger partial charge in [0.1, 0.15) is 5.69 Å². The minimum absolute atomic E-state index is 0.0341. The van der Waals surface area contributed by atoms with Gasteiger partial charge in [-0.2, -0.15) is 0 Å². The largest absolute Gasteiger partial charge is 0.463 e. The molecule has 1 aromatic heterocycles. The Bertz CT molecular complexity index is 629. The van der Waals surface area contributed by atoms with E-state index in [9.17, 15) is 9.59 Å². The molecule has 0 atom stereocenters. The number of oxazole rings is 1. The molecule has 0 fully saturated rings. The Hall–Kier alpha value is -2.63. The predicted octanol–water partition coefficient (Wildman–Crippen LogP) is 1.54. The van der Waals surface area contributed by atoms with E-state index in [1.54, 1.807) is 31.2 Å². The molecule has 2 rings (SSSR count). The van der Waals surface area contributed by atoms with Crippen molar-refractivity contribution in [3.8, 4) is 11.3 Å². The number of nitrogens with zero attached hydrogens (tertiary/aromatic N) is 1. The molecule has 1 aromatic carbocycles. The van der Waals surface area contributed by atoms with Crippen molar-refractivity contribution in [3.63, 3.8) is 0 Å². The van der Waals surface area contributed by atoms with Crippen molar-refractivity contribution in [1.82, 2.24) is 4.98 Å². The number of aromatic nitrogens is 1. The van der Waals surface area contributed by atoms with Crippen molar-refractivity contribution in [2.24, 2.45) is 5.73 Å². The molecule has 1 amide bonds. The number of nitrogens with two attached hydrogens (primary N) is 1. The standard InChI is InChI=1S/C13H12N2O4/c1-7-15-10(11(19-7)13(17)18-2)8-3-5-9(6-4-8)12(14)16/h3-6H,1-2H3,(H2,14,16). The quantitative estimate of drug-likeness (QED) is 0.844. The topological polar surface area (TPSA) is 95.4 Å². The highest BCUT2D eigenvalue weighted by Gasteiger charge is 2.20. The fraction of sp³-hybridized carbons (Fsp3) is 0.154. The van der Waals surface area contributed by atoms with E-state index < -0.39 is 11.9 Å². The summed E-state index contributed by atoms with van der Waals surface area (Å²) >= 11 is 0. The Kier molecular flexibility index (Phi) is 3.33. The number of methoxy groups -OCH3 is 1. The van der Waals surface area contributed by atoms with E-state index in [2.05, 4.69) is 9.72 Å². The molecule has 2 N–H and O–H groups in total. The van der Waals surface area contributed by atoms with E-state index in [1.165, 1.54) is 7.11 Å². The SMILES string of the molecule is COC(=O)c1oc(C)nc1-c1ccc(C(N)=O)cc1. The van der Waals surface area contributed by atoms with Gasteiger partial charge in [0.25, 0.3) is 0 Å². The van der Waals surface area contributed by atoms with Crippen molar-refractivity contribution in [2.75, 3.05) is 7.11 Å². The molecule has 2 aromatic rings. The third kappa shape index (κ3) is 2.47. The molecule has 1 heterocycles. The molecule has 0 radical (unpaired) electrons. The molecule has 0 aliphatic heterocycles. The minimum atomic E-state index is -0.602. The average molecular weight is 260 g/mol. The van der Waals surface area contributed by atoms with Gasteiger partial charge in [0.15, 0.2) is 5.89 Å². The Balaban J connectivity index is 2.46. The number of aryl methyl sites for hydroxylation is 1. The Morgan fingerprint density at radius 1 is 1.26 bits per heavy atom. The third-order valence-corrected chi connectivity index (χ3v) is 2.55. The van der Waals surface area contributed by atoms with Crippen LogP contribution in [0.2, 0.25) is 0 Å².